The van der Waals surface area contributed by atoms with Crippen molar-refractivity contribution in [3.05, 3.63) is 100 Å². The van der Waals surface area contributed by atoms with Crippen molar-refractivity contribution in [2.24, 2.45) is 4.99 Å². The topological polar surface area (TPSA) is 77.0 Å². The van der Waals surface area contributed by atoms with Crippen LogP contribution < -0.4 is 10.6 Å². The van der Waals surface area contributed by atoms with E-state index in [2.05, 4.69) is 26.6 Å². The van der Waals surface area contributed by atoms with Gasteiger partial charge < -0.3 is 20.4 Å². The molecule has 8 heteroatoms. The molecule has 7 nitrogen and oxygen atoms in total. The van der Waals surface area contributed by atoms with E-state index in [-0.39, 0.29) is 11.9 Å². The van der Waals surface area contributed by atoms with Gasteiger partial charge in [-0.3, -0.25) is 9.79 Å². The Bertz CT molecular complexity index is 1310. The molecular weight excluding hydrogens is 474 g/mol. The first-order valence-corrected chi connectivity index (χ1v) is 12.4. The maximum atomic E-state index is 13.4. The fraction of sp³-hybridized carbons (Fsp3) is 0.250. The zero-order valence-electron chi connectivity index (χ0n) is 20.1. The molecule has 36 heavy (non-hydrogen) atoms. The average Bonchev–Trinajstić information content (AvgIpc) is 3.33. The summed E-state index contributed by atoms with van der Waals surface area (Å²) in [7, 11) is 2.03. The first-order valence-electron chi connectivity index (χ1n) is 12.0. The summed E-state index contributed by atoms with van der Waals surface area (Å²) in [5.41, 5.74) is 4.77. The van der Waals surface area contributed by atoms with Crippen molar-refractivity contribution in [1.82, 2.24) is 15.1 Å². The number of carbonyl (C=O) groups is 2. The summed E-state index contributed by atoms with van der Waals surface area (Å²) >= 11 is 5.97. The zero-order chi connectivity index (χ0) is 25.1. The molecule has 0 aromatic heterocycles. The minimum absolute atomic E-state index is 0.184. The van der Waals surface area contributed by atoms with Crippen LogP contribution in [0.4, 0.5) is 10.5 Å². The number of aliphatic imine (C=N–C) groups is 1. The summed E-state index contributed by atoms with van der Waals surface area (Å²) in [5, 5.41) is 6.55. The SMILES string of the molecule is CN1CCN=C1c1cccc(CNC(=O)C2Cc3ccccc3CN2C(=O)Nc2ccc(Cl)cc2)c1. The number of rotatable bonds is 5. The number of nitrogens with one attached hydrogen (secondary N) is 2. The number of hydrogen-bond donors (Lipinski definition) is 2. The summed E-state index contributed by atoms with van der Waals surface area (Å²) < 4.78 is 0. The average molecular weight is 502 g/mol. The third-order valence-electron chi connectivity index (χ3n) is 6.62. The highest BCUT2D eigenvalue weighted by Crippen LogP contribution is 2.25. The molecule has 2 N–H and O–H groups in total. The Morgan fingerprint density at radius 2 is 1.81 bits per heavy atom. The predicted octanol–water partition coefficient (Wildman–Crippen LogP) is 4.31. The lowest BCUT2D eigenvalue weighted by molar-refractivity contribution is -0.126. The van der Waals surface area contributed by atoms with Gasteiger partial charge in [0, 0.05) is 49.4 Å². The lowest BCUT2D eigenvalue weighted by Crippen LogP contribution is -2.53. The molecule has 2 heterocycles. The number of halogens is 1. The molecule has 1 atom stereocenters. The Balaban J connectivity index is 1.31. The number of amidine groups is 1. The maximum Gasteiger partial charge on any atom is 0.322 e. The highest BCUT2D eigenvalue weighted by molar-refractivity contribution is 6.30. The van der Waals surface area contributed by atoms with E-state index in [0.29, 0.717) is 30.2 Å². The zero-order valence-corrected chi connectivity index (χ0v) is 20.8. The smallest absolute Gasteiger partial charge is 0.322 e. The molecule has 0 radical (unpaired) electrons. The van der Waals surface area contributed by atoms with Crippen molar-refractivity contribution in [3.63, 3.8) is 0 Å². The van der Waals surface area contributed by atoms with Gasteiger partial charge in [0.15, 0.2) is 0 Å². The van der Waals surface area contributed by atoms with Crippen LogP contribution in [0.1, 0.15) is 22.3 Å². The summed E-state index contributed by atoms with van der Waals surface area (Å²) in [4.78, 5) is 35.0. The van der Waals surface area contributed by atoms with E-state index in [1.165, 1.54) is 0 Å². The third kappa shape index (κ3) is 5.21. The van der Waals surface area contributed by atoms with E-state index < -0.39 is 6.04 Å². The Labute approximate surface area is 215 Å². The molecule has 0 spiro atoms. The highest BCUT2D eigenvalue weighted by Gasteiger charge is 2.34. The van der Waals surface area contributed by atoms with E-state index >= 15 is 0 Å². The van der Waals surface area contributed by atoms with Gasteiger partial charge in [-0.2, -0.15) is 0 Å². The van der Waals surface area contributed by atoms with E-state index in [0.717, 1.165) is 41.2 Å². The summed E-state index contributed by atoms with van der Waals surface area (Å²) in [6, 6.07) is 22.0. The van der Waals surface area contributed by atoms with Crippen molar-refractivity contribution in [2.45, 2.75) is 25.6 Å². The van der Waals surface area contributed by atoms with Crippen LogP contribution in [0, 0.1) is 0 Å². The molecule has 5 rings (SSSR count). The molecular formula is C28H28ClN5O2. The second-order valence-corrected chi connectivity index (χ2v) is 9.54. The van der Waals surface area contributed by atoms with Crippen molar-refractivity contribution in [1.29, 1.82) is 0 Å². The Morgan fingerprint density at radius 3 is 2.56 bits per heavy atom. The molecule has 2 aliphatic heterocycles. The third-order valence-corrected chi connectivity index (χ3v) is 6.87. The van der Waals surface area contributed by atoms with Crippen LogP contribution >= 0.6 is 11.6 Å². The first kappa shape index (κ1) is 23.9. The maximum absolute atomic E-state index is 13.4. The fourth-order valence-corrected chi connectivity index (χ4v) is 4.80. The van der Waals surface area contributed by atoms with E-state index in [9.17, 15) is 9.59 Å². The van der Waals surface area contributed by atoms with Crippen LogP contribution in [-0.2, 0) is 24.3 Å². The van der Waals surface area contributed by atoms with E-state index in [1.54, 1.807) is 29.2 Å². The number of carbonyl (C=O) groups excluding carboxylic acids is 2. The van der Waals surface area contributed by atoms with Crippen molar-refractivity contribution >= 4 is 35.1 Å². The molecule has 0 fully saturated rings. The van der Waals surface area contributed by atoms with E-state index in [4.69, 9.17) is 11.6 Å². The van der Waals surface area contributed by atoms with Gasteiger partial charge in [-0.25, -0.2) is 4.79 Å². The second-order valence-electron chi connectivity index (χ2n) is 9.10. The summed E-state index contributed by atoms with van der Waals surface area (Å²) in [6.07, 6.45) is 0.456. The summed E-state index contributed by atoms with van der Waals surface area (Å²) in [6.45, 7) is 2.43. The van der Waals surface area contributed by atoms with Crippen LogP contribution in [0.5, 0.6) is 0 Å². The molecule has 1 unspecified atom stereocenters. The van der Waals surface area contributed by atoms with Crippen molar-refractivity contribution in [2.75, 3.05) is 25.5 Å². The number of fused-ring (bicyclic) bond motifs is 1. The second kappa shape index (κ2) is 10.4. The van der Waals surface area contributed by atoms with Crippen LogP contribution in [0.3, 0.4) is 0 Å². The minimum Gasteiger partial charge on any atom is -0.358 e. The molecule has 0 bridgehead atoms. The molecule has 2 aliphatic rings. The number of likely N-dealkylation sites (N-methyl/N-ethyl adjacent to an activating group) is 1. The minimum atomic E-state index is -0.624. The number of urea groups is 1. The number of hydrogen-bond acceptors (Lipinski definition) is 4. The normalized spacial score (nSPS) is 16.8. The number of anilines is 1. The quantitative estimate of drug-likeness (QED) is 0.547. The molecule has 0 saturated heterocycles. The van der Waals surface area contributed by atoms with Crippen LogP contribution in [0.2, 0.25) is 5.02 Å². The Morgan fingerprint density at radius 1 is 1.03 bits per heavy atom. The van der Waals surface area contributed by atoms with Gasteiger partial charge in [0.1, 0.15) is 11.9 Å². The standard InChI is InChI=1S/C28H28ClN5O2/c1-33-14-13-30-26(33)21-8-4-5-19(15-21)17-31-27(35)25-16-20-6-2-3-7-22(20)18-34(25)28(36)32-24-11-9-23(29)10-12-24/h2-12,15,25H,13-14,16-18H2,1H3,(H,31,35)(H,32,36). The van der Waals surface area contributed by atoms with Gasteiger partial charge in [-0.15, -0.1) is 0 Å². The van der Waals surface area contributed by atoms with Gasteiger partial charge in [-0.05, 0) is 47.0 Å². The van der Waals surface area contributed by atoms with Crippen LogP contribution in [0.15, 0.2) is 77.8 Å². The van der Waals surface area contributed by atoms with Gasteiger partial charge in [-0.1, -0.05) is 54.1 Å². The lowest BCUT2D eigenvalue weighted by atomic mass is 9.93. The Kier molecular flexibility index (Phi) is 6.91. The van der Waals surface area contributed by atoms with Crippen molar-refractivity contribution < 1.29 is 9.59 Å². The van der Waals surface area contributed by atoms with Gasteiger partial charge in [0.25, 0.3) is 0 Å². The number of nitrogens with zero attached hydrogens (tertiary/aromatic N) is 3. The predicted molar refractivity (Wildman–Crippen MR) is 142 cm³/mol. The molecule has 0 saturated carbocycles. The van der Waals surface area contributed by atoms with Crippen molar-refractivity contribution in [3.8, 4) is 0 Å². The molecule has 3 amide bonds. The first-order chi connectivity index (χ1) is 17.5. The molecule has 3 aromatic rings. The largest absolute Gasteiger partial charge is 0.358 e. The lowest BCUT2D eigenvalue weighted by Gasteiger charge is -2.36. The van der Waals surface area contributed by atoms with Gasteiger partial charge >= 0.3 is 6.03 Å². The molecule has 184 valence electrons. The Hall–Kier alpha value is -3.84. The molecule has 3 aromatic carbocycles. The van der Waals surface area contributed by atoms with Crippen LogP contribution in [-0.4, -0.2) is 53.8 Å². The number of benzene rings is 3. The molecule has 0 aliphatic carbocycles. The fourth-order valence-electron chi connectivity index (χ4n) is 4.67. The monoisotopic (exact) mass is 501 g/mol. The summed E-state index contributed by atoms with van der Waals surface area (Å²) in [5.74, 6) is 0.786. The van der Waals surface area contributed by atoms with Crippen LogP contribution in [0.25, 0.3) is 0 Å². The number of amides is 3. The van der Waals surface area contributed by atoms with Gasteiger partial charge in [0.05, 0.1) is 6.54 Å². The van der Waals surface area contributed by atoms with E-state index in [1.807, 2.05) is 49.5 Å². The van der Waals surface area contributed by atoms with Gasteiger partial charge in [0.2, 0.25) is 5.91 Å². The highest BCUT2D eigenvalue weighted by atomic mass is 35.5.